The normalized spacial score (nSPS) is 24.6. The molecule has 2 atom stereocenters. The van der Waals surface area contributed by atoms with Crippen molar-refractivity contribution in [3.63, 3.8) is 0 Å². The van der Waals surface area contributed by atoms with Crippen molar-refractivity contribution in [2.75, 3.05) is 7.05 Å². The van der Waals surface area contributed by atoms with Crippen molar-refractivity contribution in [2.45, 2.75) is 26.4 Å². The zero-order valence-corrected chi connectivity index (χ0v) is 16.0. The van der Waals surface area contributed by atoms with Gasteiger partial charge in [-0.25, -0.2) is 0 Å². The number of fused-ring (bicyclic) bond motifs is 2. The SMILES string of the molecule is CC(=NCc1nnc(C)s1)C1C=C2C(=O)N(C)C3C=CC=CC3=C2OC1=O. The van der Waals surface area contributed by atoms with E-state index in [1.807, 2.05) is 31.2 Å². The van der Waals surface area contributed by atoms with Crippen molar-refractivity contribution in [1.82, 2.24) is 15.1 Å². The summed E-state index contributed by atoms with van der Waals surface area (Å²) >= 11 is 1.47. The van der Waals surface area contributed by atoms with Crippen molar-refractivity contribution in [1.29, 1.82) is 0 Å². The minimum absolute atomic E-state index is 0.163. The van der Waals surface area contributed by atoms with Gasteiger partial charge in [-0.05, 0) is 19.9 Å². The topological polar surface area (TPSA) is 84.8 Å². The summed E-state index contributed by atoms with van der Waals surface area (Å²) in [5.41, 5.74) is 1.81. The van der Waals surface area contributed by atoms with Crippen LogP contribution in [-0.2, 0) is 20.9 Å². The number of amides is 1. The molecule has 0 bridgehead atoms. The highest BCUT2D eigenvalue weighted by atomic mass is 32.1. The van der Waals surface area contributed by atoms with Crippen LogP contribution in [0.1, 0.15) is 16.9 Å². The number of likely N-dealkylation sites (N-methyl/N-ethyl adjacent to an activating group) is 1. The zero-order valence-electron chi connectivity index (χ0n) is 15.2. The maximum absolute atomic E-state index is 12.8. The summed E-state index contributed by atoms with van der Waals surface area (Å²) in [7, 11) is 1.75. The fraction of sp³-hybridized carbons (Fsp3) is 0.316. The predicted molar refractivity (Wildman–Crippen MR) is 101 cm³/mol. The van der Waals surface area contributed by atoms with Gasteiger partial charge in [0.15, 0.2) is 0 Å². The number of hydrogen-bond donors (Lipinski definition) is 0. The number of carbonyl (C=O) groups excluding carboxylic acids is 2. The Morgan fingerprint density at radius 2 is 2.15 bits per heavy atom. The maximum atomic E-state index is 12.8. The Morgan fingerprint density at radius 3 is 2.89 bits per heavy atom. The highest BCUT2D eigenvalue weighted by Gasteiger charge is 2.41. The van der Waals surface area contributed by atoms with E-state index in [4.69, 9.17) is 4.74 Å². The lowest BCUT2D eigenvalue weighted by molar-refractivity contribution is -0.142. The molecule has 1 aliphatic carbocycles. The molecule has 0 radical (unpaired) electrons. The highest BCUT2D eigenvalue weighted by molar-refractivity contribution is 7.11. The molecule has 0 spiro atoms. The zero-order chi connectivity index (χ0) is 19.1. The van der Waals surface area contributed by atoms with Crippen LogP contribution in [0.15, 0.2) is 52.3 Å². The van der Waals surface area contributed by atoms with Crippen LogP contribution in [0.4, 0.5) is 0 Å². The van der Waals surface area contributed by atoms with E-state index < -0.39 is 11.9 Å². The summed E-state index contributed by atoms with van der Waals surface area (Å²) in [6, 6.07) is -0.214. The van der Waals surface area contributed by atoms with Crippen molar-refractivity contribution >= 4 is 28.9 Å². The predicted octanol–water partition coefficient (Wildman–Crippen LogP) is 2.13. The number of aryl methyl sites for hydroxylation is 1. The quantitative estimate of drug-likeness (QED) is 0.591. The lowest BCUT2D eigenvalue weighted by Gasteiger charge is -2.37. The largest absolute Gasteiger partial charge is 0.425 e. The van der Waals surface area contributed by atoms with E-state index >= 15 is 0 Å². The van der Waals surface area contributed by atoms with Crippen molar-refractivity contribution in [3.8, 4) is 0 Å². The standard InChI is InChI=1S/C19H18N4O3S/c1-10(20-9-16-22-21-11(2)27-16)13-8-14-17(26-19(13)25)12-6-4-5-7-15(12)23(3)18(14)24/h4-8,13,15H,9H2,1-3H3. The number of nitrogens with zero attached hydrogens (tertiary/aromatic N) is 4. The molecule has 1 aromatic rings. The molecular formula is C19H18N4O3S. The van der Waals surface area contributed by atoms with Crippen LogP contribution in [0.25, 0.3) is 0 Å². The van der Waals surface area contributed by atoms with Crippen molar-refractivity contribution in [2.24, 2.45) is 10.9 Å². The van der Waals surface area contributed by atoms with Gasteiger partial charge in [-0.15, -0.1) is 10.2 Å². The third-order valence-corrected chi connectivity index (χ3v) is 5.57. The smallest absolute Gasteiger partial charge is 0.324 e. The van der Waals surface area contributed by atoms with Crippen LogP contribution >= 0.6 is 11.3 Å². The summed E-state index contributed by atoms with van der Waals surface area (Å²) in [5.74, 6) is -0.911. The summed E-state index contributed by atoms with van der Waals surface area (Å²) in [6.45, 7) is 3.99. The number of rotatable bonds is 3. The molecule has 8 heteroatoms. The minimum Gasteiger partial charge on any atom is -0.425 e. The molecule has 4 rings (SSSR count). The van der Waals surface area contributed by atoms with Gasteiger partial charge in [-0.2, -0.15) is 0 Å². The first-order valence-corrected chi connectivity index (χ1v) is 9.37. The van der Waals surface area contributed by atoms with E-state index in [1.165, 1.54) is 11.3 Å². The van der Waals surface area contributed by atoms with Crippen LogP contribution in [0, 0.1) is 12.8 Å². The molecule has 2 unspecified atom stereocenters. The first-order chi connectivity index (χ1) is 13.0. The Morgan fingerprint density at radius 1 is 1.33 bits per heavy atom. The molecule has 3 heterocycles. The van der Waals surface area contributed by atoms with Crippen molar-refractivity contribution in [3.05, 3.63) is 57.3 Å². The Balaban J connectivity index is 1.67. The Labute approximate surface area is 160 Å². The van der Waals surface area contributed by atoms with Gasteiger partial charge in [0.1, 0.15) is 21.7 Å². The first kappa shape index (κ1) is 17.5. The molecule has 138 valence electrons. The molecule has 1 aromatic heterocycles. The molecule has 0 saturated carbocycles. The highest BCUT2D eigenvalue weighted by Crippen LogP contribution is 2.36. The van der Waals surface area contributed by atoms with Gasteiger partial charge in [0.05, 0.1) is 18.2 Å². The van der Waals surface area contributed by atoms with Crippen LogP contribution in [0.2, 0.25) is 0 Å². The fourth-order valence-electron chi connectivity index (χ4n) is 3.29. The second-order valence-corrected chi connectivity index (χ2v) is 7.81. The van der Waals surface area contributed by atoms with Crippen LogP contribution in [0.3, 0.4) is 0 Å². The summed E-state index contributed by atoms with van der Waals surface area (Å²) in [5, 5.41) is 9.64. The minimum atomic E-state index is -0.685. The molecule has 0 saturated heterocycles. The first-order valence-electron chi connectivity index (χ1n) is 8.55. The second-order valence-electron chi connectivity index (χ2n) is 6.54. The number of esters is 1. The molecule has 0 aromatic carbocycles. The average molecular weight is 382 g/mol. The monoisotopic (exact) mass is 382 g/mol. The number of carbonyl (C=O) groups is 2. The van der Waals surface area contributed by atoms with E-state index in [0.717, 1.165) is 15.6 Å². The van der Waals surface area contributed by atoms with Gasteiger partial charge < -0.3 is 9.64 Å². The molecular weight excluding hydrogens is 364 g/mol. The number of allylic oxidation sites excluding steroid dienone is 2. The fourth-order valence-corrected chi connectivity index (χ4v) is 3.92. The maximum Gasteiger partial charge on any atom is 0.324 e. The van der Waals surface area contributed by atoms with Gasteiger partial charge in [0, 0.05) is 18.3 Å². The van der Waals surface area contributed by atoms with E-state index in [9.17, 15) is 9.59 Å². The number of hydrogen-bond acceptors (Lipinski definition) is 7. The van der Waals surface area contributed by atoms with Crippen LogP contribution in [0.5, 0.6) is 0 Å². The summed E-state index contributed by atoms with van der Waals surface area (Å²) < 4.78 is 5.60. The Kier molecular flexibility index (Phi) is 4.35. The van der Waals surface area contributed by atoms with Gasteiger partial charge in [0.25, 0.3) is 5.91 Å². The van der Waals surface area contributed by atoms with Gasteiger partial charge >= 0.3 is 5.97 Å². The lowest BCUT2D eigenvalue weighted by Crippen LogP contribution is -2.45. The molecule has 0 fully saturated rings. The van der Waals surface area contributed by atoms with Gasteiger partial charge in [-0.3, -0.25) is 14.6 Å². The van der Waals surface area contributed by atoms with Gasteiger partial charge in [-0.1, -0.05) is 35.6 Å². The number of aromatic nitrogens is 2. The third-order valence-electron chi connectivity index (χ3n) is 4.75. The molecule has 0 N–H and O–H groups in total. The third kappa shape index (κ3) is 3.06. The molecule has 3 aliphatic rings. The molecule has 1 amide bonds. The summed E-state index contributed by atoms with van der Waals surface area (Å²) in [4.78, 5) is 31.5. The summed E-state index contributed by atoms with van der Waals surface area (Å²) in [6.07, 6.45) is 9.21. The molecule has 7 nitrogen and oxygen atoms in total. The van der Waals surface area contributed by atoms with Crippen LogP contribution in [-0.4, -0.2) is 45.8 Å². The van der Waals surface area contributed by atoms with E-state index in [2.05, 4.69) is 15.2 Å². The van der Waals surface area contributed by atoms with E-state index in [1.54, 1.807) is 24.9 Å². The van der Waals surface area contributed by atoms with Crippen LogP contribution < -0.4 is 0 Å². The van der Waals surface area contributed by atoms with E-state index in [-0.39, 0.29) is 11.9 Å². The lowest BCUT2D eigenvalue weighted by atomic mass is 9.87. The Bertz CT molecular complexity index is 983. The number of ether oxygens (including phenoxy) is 1. The Hall–Kier alpha value is -2.87. The second kappa shape index (κ2) is 6.70. The van der Waals surface area contributed by atoms with Gasteiger partial charge in [0.2, 0.25) is 0 Å². The number of aliphatic imine (C=N–C) groups is 1. The molecule has 2 aliphatic heterocycles. The van der Waals surface area contributed by atoms with E-state index in [0.29, 0.717) is 23.6 Å². The average Bonchev–Trinajstić information content (AvgIpc) is 3.09. The molecule has 27 heavy (non-hydrogen) atoms. The van der Waals surface area contributed by atoms with Crippen molar-refractivity contribution < 1.29 is 14.3 Å².